The number of hydrogen-bond donors (Lipinski definition) is 0. The van der Waals surface area contributed by atoms with Gasteiger partial charge in [-0.3, -0.25) is 4.79 Å². The van der Waals surface area contributed by atoms with Crippen LogP contribution in [0.5, 0.6) is 5.75 Å². The van der Waals surface area contributed by atoms with Crippen molar-refractivity contribution in [2.45, 2.75) is 6.54 Å². The van der Waals surface area contributed by atoms with Crippen LogP contribution in [0.3, 0.4) is 0 Å². The Kier molecular flexibility index (Phi) is 6.56. The lowest BCUT2D eigenvalue weighted by atomic mass is 10.1. The molecule has 0 aliphatic heterocycles. The molecule has 158 valence electrons. The van der Waals surface area contributed by atoms with E-state index in [4.69, 9.17) is 4.74 Å². The zero-order chi connectivity index (χ0) is 22.4. The number of ether oxygens (including phenoxy) is 3. The van der Waals surface area contributed by atoms with Gasteiger partial charge in [-0.1, -0.05) is 30.3 Å². The Morgan fingerprint density at radius 2 is 1.48 bits per heavy atom. The molecule has 0 fully saturated rings. The summed E-state index contributed by atoms with van der Waals surface area (Å²) in [7, 11) is 2.35. The van der Waals surface area contributed by atoms with Gasteiger partial charge in [0.1, 0.15) is 12.3 Å². The number of hydrogen-bond acceptors (Lipinski definition) is 8. The van der Waals surface area contributed by atoms with Crippen molar-refractivity contribution in [3.05, 3.63) is 82.1 Å². The van der Waals surface area contributed by atoms with Gasteiger partial charge in [-0.25, -0.2) is 19.1 Å². The molecule has 9 heteroatoms. The number of methoxy groups -OCH3 is 2. The Balaban J connectivity index is 1.85. The number of aromatic nitrogens is 2. The van der Waals surface area contributed by atoms with Crippen LogP contribution in [0.15, 0.2) is 65.5 Å². The van der Waals surface area contributed by atoms with Crippen LogP contribution in [-0.2, 0) is 20.8 Å². The highest BCUT2D eigenvalue weighted by Gasteiger charge is 2.17. The summed E-state index contributed by atoms with van der Waals surface area (Å²) in [4.78, 5) is 48.3. The molecule has 0 bridgehead atoms. The summed E-state index contributed by atoms with van der Waals surface area (Å²) < 4.78 is 15.5. The zero-order valence-corrected chi connectivity index (χ0v) is 16.7. The van der Waals surface area contributed by atoms with Crippen LogP contribution in [0.4, 0.5) is 0 Å². The third-order valence-electron chi connectivity index (χ3n) is 4.20. The molecule has 0 spiro atoms. The van der Waals surface area contributed by atoms with Gasteiger partial charge in [0.15, 0.2) is 0 Å². The van der Waals surface area contributed by atoms with Crippen LogP contribution < -0.4 is 10.3 Å². The van der Waals surface area contributed by atoms with Gasteiger partial charge in [-0.15, -0.1) is 0 Å². The molecule has 0 N–H and O–H groups in total. The van der Waals surface area contributed by atoms with Gasteiger partial charge in [-0.2, -0.15) is 5.10 Å². The molecule has 0 atom stereocenters. The molecule has 0 unspecified atom stereocenters. The molecule has 0 radical (unpaired) electrons. The Morgan fingerprint density at radius 1 is 0.871 bits per heavy atom. The molecule has 9 nitrogen and oxygen atoms in total. The Hall–Kier alpha value is -4.27. The summed E-state index contributed by atoms with van der Waals surface area (Å²) in [5, 5.41) is 4.20. The Morgan fingerprint density at radius 3 is 2.06 bits per heavy atom. The molecule has 0 aliphatic rings. The second-order valence-corrected chi connectivity index (χ2v) is 6.28. The van der Waals surface area contributed by atoms with E-state index in [1.54, 1.807) is 6.07 Å². The highest BCUT2D eigenvalue weighted by atomic mass is 16.5. The van der Waals surface area contributed by atoms with E-state index in [1.165, 1.54) is 38.5 Å². The number of esters is 3. The van der Waals surface area contributed by atoms with Crippen LogP contribution in [0, 0.1) is 0 Å². The van der Waals surface area contributed by atoms with Gasteiger partial charge in [0.05, 0.1) is 31.0 Å². The second-order valence-electron chi connectivity index (χ2n) is 6.28. The van der Waals surface area contributed by atoms with Gasteiger partial charge < -0.3 is 14.2 Å². The quantitative estimate of drug-likeness (QED) is 0.438. The van der Waals surface area contributed by atoms with Gasteiger partial charge in [-0.05, 0) is 24.3 Å². The van der Waals surface area contributed by atoms with Crippen molar-refractivity contribution in [3.8, 4) is 17.0 Å². The van der Waals surface area contributed by atoms with Crippen molar-refractivity contribution in [2.24, 2.45) is 0 Å². The second kappa shape index (κ2) is 9.49. The number of carbonyl (C=O) groups excluding carboxylic acids is 3. The zero-order valence-electron chi connectivity index (χ0n) is 16.7. The molecule has 1 heterocycles. The SMILES string of the molecule is COC(=O)c1cc(OC(=O)Cn2nc(-c3ccccc3)ccc2=O)cc(C(=O)OC)c1. The first-order valence-corrected chi connectivity index (χ1v) is 9.07. The lowest BCUT2D eigenvalue weighted by Gasteiger charge is -2.10. The molecule has 31 heavy (non-hydrogen) atoms. The van der Waals surface area contributed by atoms with E-state index < -0.39 is 30.0 Å². The first kappa shape index (κ1) is 21.4. The largest absolute Gasteiger partial charge is 0.465 e. The molecular weight excluding hydrogens is 404 g/mol. The lowest BCUT2D eigenvalue weighted by molar-refractivity contribution is -0.135. The van der Waals surface area contributed by atoms with Crippen LogP contribution in [0.25, 0.3) is 11.3 Å². The minimum atomic E-state index is -0.822. The van der Waals surface area contributed by atoms with Gasteiger partial charge in [0.25, 0.3) is 5.56 Å². The van der Waals surface area contributed by atoms with E-state index in [0.717, 1.165) is 10.2 Å². The fraction of sp³-hybridized carbons (Fsp3) is 0.136. The summed E-state index contributed by atoms with van der Waals surface area (Å²) in [5.41, 5.74) is 0.783. The van der Waals surface area contributed by atoms with E-state index in [2.05, 4.69) is 14.6 Å². The van der Waals surface area contributed by atoms with E-state index in [0.29, 0.717) is 5.69 Å². The monoisotopic (exact) mass is 422 g/mol. The van der Waals surface area contributed by atoms with E-state index in [-0.39, 0.29) is 16.9 Å². The third kappa shape index (κ3) is 5.21. The third-order valence-corrected chi connectivity index (χ3v) is 4.20. The smallest absolute Gasteiger partial charge is 0.338 e. The van der Waals surface area contributed by atoms with Crippen molar-refractivity contribution in [1.82, 2.24) is 9.78 Å². The summed E-state index contributed by atoms with van der Waals surface area (Å²) in [6, 6.07) is 15.7. The van der Waals surface area contributed by atoms with Crippen LogP contribution >= 0.6 is 0 Å². The summed E-state index contributed by atoms with van der Waals surface area (Å²) in [6.07, 6.45) is 0. The average molecular weight is 422 g/mol. The van der Waals surface area contributed by atoms with Crippen LogP contribution in [0.1, 0.15) is 20.7 Å². The number of nitrogens with zero attached hydrogens (tertiary/aromatic N) is 2. The van der Waals surface area contributed by atoms with Crippen LogP contribution in [-0.4, -0.2) is 41.9 Å². The number of carbonyl (C=O) groups is 3. The van der Waals surface area contributed by atoms with Crippen molar-refractivity contribution >= 4 is 17.9 Å². The van der Waals surface area contributed by atoms with E-state index in [9.17, 15) is 19.2 Å². The molecule has 3 aromatic rings. The molecule has 0 aliphatic carbocycles. The normalized spacial score (nSPS) is 10.3. The summed E-state index contributed by atoms with van der Waals surface area (Å²) in [5.74, 6) is -2.36. The maximum Gasteiger partial charge on any atom is 0.338 e. The molecule has 0 saturated heterocycles. The van der Waals surface area contributed by atoms with E-state index >= 15 is 0 Å². The molecule has 0 saturated carbocycles. The summed E-state index contributed by atoms with van der Waals surface area (Å²) in [6.45, 7) is -0.477. The first-order chi connectivity index (χ1) is 14.9. The minimum absolute atomic E-state index is 0.00503. The van der Waals surface area contributed by atoms with Crippen LogP contribution in [0.2, 0.25) is 0 Å². The number of rotatable bonds is 6. The average Bonchev–Trinajstić information content (AvgIpc) is 2.79. The highest BCUT2D eigenvalue weighted by molar-refractivity contribution is 5.96. The summed E-state index contributed by atoms with van der Waals surface area (Å²) >= 11 is 0. The molecule has 2 aromatic carbocycles. The molecular formula is C22H18N2O7. The maximum absolute atomic E-state index is 12.4. The van der Waals surface area contributed by atoms with Gasteiger partial charge in [0.2, 0.25) is 0 Å². The first-order valence-electron chi connectivity index (χ1n) is 9.07. The maximum atomic E-state index is 12.4. The predicted molar refractivity (Wildman–Crippen MR) is 109 cm³/mol. The minimum Gasteiger partial charge on any atom is -0.465 e. The Labute approximate surface area is 176 Å². The molecule has 1 aromatic heterocycles. The highest BCUT2D eigenvalue weighted by Crippen LogP contribution is 2.20. The van der Waals surface area contributed by atoms with Gasteiger partial charge in [0, 0.05) is 11.6 Å². The molecule has 0 amide bonds. The van der Waals surface area contributed by atoms with Crippen molar-refractivity contribution in [3.63, 3.8) is 0 Å². The fourth-order valence-corrected chi connectivity index (χ4v) is 2.74. The lowest BCUT2D eigenvalue weighted by Crippen LogP contribution is -2.28. The standard InChI is InChI=1S/C22H18N2O7/c1-29-21(27)15-10-16(22(28)30-2)12-17(11-15)31-20(26)13-24-19(25)9-8-18(23-24)14-6-4-3-5-7-14/h3-12H,13H2,1-2H3. The number of benzene rings is 2. The van der Waals surface area contributed by atoms with Crippen molar-refractivity contribution in [2.75, 3.05) is 14.2 Å². The molecule has 3 rings (SSSR count). The Bertz CT molecular complexity index is 1150. The van der Waals surface area contributed by atoms with Crippen molar-refractivity contribution < 1.29 is 28.6 Å². The van der Waals surface area contributed by atoms with Gasteiger partial charge >= 0.3 is 17.9 Å². The van der Waals surface area contributed by atoms with Crippen molar-refractivity contribution in [1.29, 1.82) is 0 Å². The van der Waals surface area contributed by atoms with E-state index in [1.807, 2.05) is 30.3 Å². The predicted octanol–water partition coefficient (Wildman–Crippen LogP) is 2.09. The fourth-order valence-electron chi connectivity index (χ4n) is 2.74. The topological polar surface area (TPSA) is 114 Å².